The van der Waals surface area contributed by atoms with E-state index in [0.717, 1.165) is 0 Å². The summed E-state index contributed by atoms with van der Waals surface area (Å²) in [6, 6.07) is 4.08. The molecule has 22 heavy (non-hydrogen) atoms. The molecule has 2 N–H and O–H groups in total. The predicted octanol–water partition coefficient (Wildman–Crippen LogP) is 0.383. The molecule has 9 heteroatoms. The van der Waals surface area contributed by atoms with Crippen molar-refractivity contribution in [3.05, 3.63) is 33.9 Å². The van der Waals surface area contributed by atoms with Crippen molar-refractivity contribution in [2.45, 2.75) is 18.9 Å². The minimum Gasteiger partial charge on any atom is -0.467 e. The Morgan fingerprint density at radius 1 is 1.41 bits per heavy atom. The maximum Gasteiger partial charge on any atom is 0.331 e. The Labute approximate surface area is 125 Å². The van der Waals surface area contributed by atoms with E-state index in [2.05, 4.69) is 15.4 Å². The first-order valence-electron chi connectivity index (χ1n) is 6.15. The van der Waals surface area contributed by atoms with Gasteiger partial charge in [0.05, 0.1) is 12.0 Å². The smallest absolute Gasteiger partial charge is 0.331 e. The normalized spacial score (nSPS) is 12.6. The van der Waals surface area contributed by atoms with Gasteiger partial charge in [0.2, 0.25) is 12.8 Å². The summed E-state index contributed by atoms with van der Waals surface area (Å²) in [6.45, 7) is 1.44. The van der Waals surface area contributed by atoms with Gasteiger partial charge in [0.25, 0.3) is 5.69 Å². The molecule has 0 aliphatic heterocycles. The number of nitro groups is 1. The summed E-state index contributed by atoms with van der Waals surface area (Å²) in [5.41, 5.74) is -1.22. The molecule has 0 aromatic heterocycles. The number of ether oxygens (including phenoxy) is 1. The zero-order chi connectivity index (χ0) is 16.8. The average Bonchev–Trinajstić information content (AvgIpc) is 2.48. The van der Waals surface area contributed by atoms with Crippen molar-refractivity contribution in [1.82, 2.24) is 5.32 Å². The zero-order valence-corrected chi connectivity index (χ0v) is 12.0. The Bertz CT molecular complexity index is 603. The highest BCUT2D eigenvalue weighted by molar-refractivity contribution is 5.83. The lowest BCUT2D eigenvalue weighted by Gasteiger charge is -2.25. The van der Waals surface area contributed by atoms with Crippen molar-refractivity contribution in [2.24, 2.45) is 0 Å². The summed E-state index contributed by atoms with van der Waals surface area (Å²) >= 11 is 0. The van der Waals surface area contributed by atoms with E-state index >= 15 is 0 Å². The molecule has 1 aromatic carbocycles. The molecule has 0 unspecified atom stereocenters. The molecule has 9 nitrogen and oxygen atoms in total. The largest absolute Gasteiger partial charge is 0.467 e. The van der Waals surface area contributed by atoms with Crippen LogP contribution in [0.15, 0.2) is 18.2 Å². The van der Waals surface area contributed by atoms with E-state index < -0.39 is 16.4 Å². The topological polar surface area (TPSA) is 128 Å². The van der Waals surface area contributed by atoms with Gasteiger partial charge in [-0.1, -0.05) is 6.07 Å². The van der Waals surface area contributed by atoms with Gasteiger partial charge in [-0.2, -0.15) is 0 Å². The monoisotopic (exact) mass is 309 g/mol. The summed E-state index contributed by atoms with van der Waals surface area (Å²) in [5, 5.41) is 15.6. The highest BCUT2D eigenvalue weighted by Crippen LogP contribution is 2.27. The number of benzene rings is 1. The van der Waals surface area contributed by atoms with Gasteiger partial charge in [0, 0.05) is 12.5 Å². The van der Waals surface area contributed by atoms with Crippen molar-refractivity contribution < 1.29 is 24.0 Å². The molecule has 2 amide bonds. The second kappa shape index (κ2) is 7.16. The van der Waals surface area contributed by atoms with Crippen LogP contribution in [0.1, 0.15) is 12.5 Å². The van der Waals surface area contributed by atoms with Crippen LogP contribution in [0.3, 0.4) is 0 Å². The summed E-state index contributed by atoms with van der Waals surface area (Å²) in [7, 11) is 1.17. The van der Waals surface area contributed by atoms with Gasteiger partial charge in [-0.15, -0.1) is 0 Å². The lowest BCUT2D eigenvalue weighted by molar-refractivity contribution is -0.384. The molecule has 0 aliphatic carbocycles. The summed E-state index contributed by atoms with van der Waals surface area (Å²) in [4.78, 5) is 43.2. The number of hydrogen-bond acceptors (Lipinski definition) is 6. The van der Waals surface area contributed by atoms with Gasteiger partial charge in [-0.25, -0.2) is 4.79 Å². The molecule has 0 heterocycles. The Morgan fingerprint density at radius 3 is 2.59 bits per heavy atom. The molecule has 0 aliphatic rings. The van der Waals surface area contributed by atoms with Crippen molar-refractivity contribution in [3.8, 4) is 0 Å². The van der Waals surface area contributed by atoms with Crippen molar-refractivity contribution >= 4 is 30.2 Å². The minimum atomic E-state index is -1.36. The van der Waals surface area contributed by atoms with E-state index in [0.29, 0.717) is 18.4 Å². The van der Waals surface area contributed by atoms with Crippen molar-refractivity contribution in [3.63, 3.8) is 0 Å². The molecule has 118 valence electrons. The summed E-state index contributed by atoms with van der Waals surface area (Å²) in [6.07, 6.45) is 0.669. The first kappa shape index (κ1) is 17.1. The number of amides is 2. The van der Waals surface area contributed by atoms with E-state index in [-0.39, 0.29) is 17.8 Å². The summed E-state index contributed by atoms with van der Waals surface area (Å²) < 4.78 is 4.63. The van der Waals surface area contributed by atoms with Crippen LogP contribution in [-0.2, 0) is 25.5 Å². The molecule has 0 fully saturated rings. The number of hydrogen-bond donors (Lipinski definition) is 2. The second-order valence-electron chi connectivity index (χ2n) is 4.63. The van der Waals surface area contributed by atoms with Crippen LogP contribution < -0.4 is 10.6 Å². The number of methoxy groups -OCH3 is 1. The lowest BCUT2D eigenvalue weighted by atomic mass is 9.92. The van der Waals surface area contributed by atoms with E-state index in [1.165, 1.54) is 32.2 Å². The molecular weight excluding hydrogens is 294 g/mol. The molecular formula is C13H15N3O6. The van der Waals surface area contributed by atoms with Gasteiger partial charge in [0.15, 0.2) is 0 Å². The Balaban J connectivity index is 3.18. The molecule has 0 saturated heterocycles. The van der Waals surface area contributed by atoms with Gasteiger partial charge in [-0.3, -0.25) is 19.7 Å². The quantitative estimate of drug-likeness (QED) is 0.309. The molecule has 1 aromatic rings. The number of carbonyl (C=O) groups excluding carboxylic acids is 3. The van der Waals surface area contributed by atoms with Crippen LogP contribution in [0.25, 0.3) is 0 Å². The van der Waals surface area contributed by atoms with Gasteiger partial charge in [0.1, 0.15) is 11.2 Å². The molecule has 0 spiro atoms. The maximum atomic E-state index is 11.8. The SMILES string of the molecule is COC(=O)[C@](C)(Cc1ccc(NC=O)c([N+](=O)[O-])c1)NC=O. The first-order valence-corrected chi connectivity index (χ1v) is 6.15. The third kappa shape index (κ3) is 3.78. The van der Waals surface area contributed by atoms with E-state index in [1.54, 1.807) is 0 Å². The van der Waals surface area contributed by atoms with E-state index in [1.807, 2.05) is 0 Å². The third-order valence-electron chi connectivity index (χ3n) is 3.04. The van der Waals surface area contributed by atoms with E-state index in [4.69, 9.17) is 0 Å². The maximum absolute atomic E-state index is 11.8. The minimum absolute atomic E-state index is 0.0133. The van der Waals surface area contributed by atoms with Crippen LogP contribution >= 0.6 is 0 Å². The van der Waals surface area contributed by atoms with E-state index in [9.17, 15) is 24.5 Å². The molecule has 0 saturated carbocycles. The number of nitrogens with one attached hydrogen (secondary N) is 2. The molecule has 0 radical (unpaired) electrons. The van der Waals surface area contributed by atoms with Gasteiger partial charge in [-0.05, 0) is 18.6 Å². The second-order valence-corrected chi connectivity index (χ2v) is 4.63. The molecule has 0 bridgehead atoms. The van der Waals surface area contributed by atoms with Crippen molar-refractivity contribution in [2.75, 3.05) is 12.4 Å². The Kier molecular flexibility index (Phi) is 5.56. The Morgan fingerprint density at radius 2 is 2.09 bits per heavy atom. The van der Waals surface area contributed by atoms with Crippen LogP contribution in [0, 0.1) is 10.1 Å². The van der Waals surface area contributed by atoms with Gasteiger partial charge < -0.3 is 15.4 Å². The first-order chi connectivity index (χ1) is 10.4. The fourth-order valence-electron chi connectivity index (χ4n) is 1.97. The lowest BCUT2D eigenvalue weighted by Crippen LogP contribution is -2.51. The number of carbonyl (C=O) groups is 3. The zero-order valence-electron chi connectivity index (χ0n) is 12.0. The standard InChI is InChI=1S/C13H15N3O6/c1-13(15-8-18,12(19)22-2)6-9-3-4-10(14-7-17)11(5-9)16(20)21/h3-5,7-8H,6H2,1-2H3,(H,14,17)(H,15,18)/t13-/m0/s1. The number of esters is 1. The highest BCUT2D eigenvalue weighted by atomic mass is 16.6. The van der Waals surface area contributed by atoms with Crippen LogP contribution in [0.2, 0.25) is 0 Å². The van der Waals surface area contributed by atoms with Crippen LogP contribution in [-0.4, -0.2) is 36.4 Å². The molecule has 1 atom stereocenters. The fraction of sp³-hybridized carbons (Fsp3) is 0.308. The number of nitro benzene ring substituents is 1. The number of rotatable bonds is 8. The number of anilines is 1. The van der Waals surface area contributed by atoms with Crippen LogP contribution in [0.5, 0.6) is 0 Å². The fourth-order valence-corrected chi connectivity index (χ4v) is 1.97. The van der Waals surface area contributed by atoms with Crippen molar-refractivity contribution in [1.29, 1.82) is 0 Å². The summed E-state index contributed by atoms with van der Waals surface area (Å²) in [5.74, 6) is -0.683. The number of nitrogens with zero attached hydrogens (tertiary/aromatic N) is 1. The average molecular weight is 309 g/mol. The molecule has 1 rings (SSSR count). The van der Waals surface area contributed by atoms with Gasteiger partial charge >= 0.3 is 5.97 Å². The predicted molar refractivity (Wildman–Crippen MR) is 76.1 cm³/mol. The van der Waals surface area contributed by atoms with Crippen LogP contribution in [0.4, 0.5) is 11.4 Å². The Hall–Kier alpha value is -2.97. The highest BCUT2D eigenvalue weighted by Gasteiger charge is 2.34. The third-order valence-corrected chi connectivity index (χ3v) is 3.04.